The van der Waals surface area contributed by atoms with Gasteiger partial charge in [-0.1, -0.05) is 11.6 Å². The highest BCUT2D eigenvalue weighted by Crippen LogP contribution is 2.31. The average molecular weight is 346 g/mol. The summed E-state index contributed by atoms with van der Waals surface area (Å²) in [5.74, 6) is -1.04. The lowest BCUT2D eigenvalue weighted by Crippen LogP contribution is -1.97. The smallest absolute Gasteiger partial charge is 0.335 e. The fourth-order valence-electron chi connectivity index (χ4n) is 1.19. The van der Waals surface area contributed by atoms with Crippen LogP contribution in [0.2, 0.25) is 5.15 Å². The molecule has 0 aliphatic rings. The second-order valence-corrected chi connectivity index (χ2v) is 5.47. The lowest BCUT2D eigenvalue weighted by molar-refractivity contribution is 0.0696. The summed E-state index contributed by atoms with van der Waals surface area (Å²) in [5.41, 5.74) is 0.101. The van der Waals surface area contributed by atoms with Gasteiger partial charge in [-0.15, -0.1) is 0 Å². The van der Waals surface area contributed by atoms with Crippen LogP contribution in [-0.4, -0.2) is 21.0 Å². The minimum atomic E-state index is -1.04. The molecule has 0 aromatic carbocycles. The van der Waals surface area contributed by atoms with Gasteiger partial charge in [-0.3, -0.25) is 0 Å². The first kappa shape index (κ1) is 13.3. The predicted molar refractivity (Wildman–Crippen MR) is 72.3 cm³/mol. The van der Waals surface area contributed by atoms with E-state index in [1.807, 2.05) is 6.07 Å². The van der Waals surface area contributed by atoms with E-state index in [9.17, 15) is 4.79 Å². The van der Waals surface area contributed by atoms with Crippen LogP contribution < -0.4 is 0 Å². The monoisotopic (exact) mass is 344 g/mol. The maximum atomic E-state index is 10.9. The Morgan fingerprint density at radius 3 is 2.89 bits per heavy atom. The van der Waals surface area contributed by atoms with Gasteiger partial charge >= 0.3 is 5.97 Å². The van der Waals surface area contributed by atoms with Gasteiger partial charge in [0, 0.05) is 6.20 Å². The van der Waals surface area contributed by atoms with Crippen LogP contribution >= 0.6 is 39.3 Å². The number of hydrogen-bond donors (Lipinski definition) is 1. The van der Waals surface area contributed by atoms with Crippen LogP contribution in [0.5, 0.6) is 0 Å². The first-order valence-corrected chi connectivity index (χ1v) is 6.74. The summed E-state index contributed by atoms with van der Waals surface area (Å²) in [4.78, 5) is 19.1. The standard InChI is InChI=1S/C11H6BrClN2O2S/c12-7-2-1-3-14-10(7)18-9-5-6(11(16)17)4-8(13)15-9/h1-5H,(H,16,17). The van der Waals surface area contributed by atoms with Crippen molar-refractivity contribution in [2.75, 3.05) is 0 Å². The molecule has 4 nitrogen and oxygen atoms in total. The number of carbonyl (C=O) groups is 1. The third-order valence-electron chi connectivity index (χ3n) is 1.94. The third-order valence-corrected chi connectivity index (χ3v) is 3.98. The molecule has 2 aromatic heterocycles. The van der Waals surface area contributed by atoms with Crippen molar-refractivity contribution in [2.24, 2.45) is 0 Å². The molecule has 0 spiro atoms. The van der Waals surface area contributed by atoms with Crippen LogP contribution in [-0.2, 0) is 0 Å². The van der Waals surface area contributed by atoms with Gasteiger partial charge < -0.3 is 5.11 Å². The number of pyridine rings is 2. The molecule has 2 heterocycles. The van der Waals surface area contributed by atoms with E-state index in [2.05, 4.69) is 25.9 Å². The Morgan fingerprint density at radius 1 is 1.44 bits per heavy atom. The number of rotatable bonds is 3. The van der Waals surface area contributed by atoms with Crippen molar-refractivity contribution < 1.29 is 9.90 Å². The Kier molecular flexibility index (Phi) is 4.21. The SMILES string of the molecule is O=C(O)c1cc(Cl)nc(Sc2ncccc2Br)c1. The number of carboxylic acid groups (broad SMARTS) is 1. The van der Waals surface area contributed by atoms with E-state index in [4.69, 9.17) is 16.7 Å². The van der Waals surface area contributed by atoms with Crippen molar-refractivity contribution in [3.8, 4) is 0 Å². The summed E-state index contributed by atoms with van der Waals surface area (Å²) in [6.07, 6.45) is 1.65. The lowest BCUT2D eigenvalue weighted by atomic mass is 10.3. The molecular weight excluding hydrogens is 340 g/mol. The van der Waals surface area contributed by atoms with Gasteiger partial charge in [0.1, 0.15) is 15.2 Å². The average Bonchev–Trinajstić information content (AvgIpc) is 2.31. The van der Waals surface area contributed by atoms with Gasteiger partial charge in [0.15, 0.2) is 0 Å². The second-order valence-electron chi connectivity index (χ2n) is 3.21. The van der Waals surface area contributed by atoms with Crippen LogP contribution in [0, 0.1) is 0 Å². The summed E-state index contributed by atoms with van der Waals surface area (Å²) in [7, 11) is 0. The number of aromatic carboxylic acids is 1. The summed E-state index contributed by atoms with van der Waals surface area (Å²) in [6, 6.07) is 6.40. The molecule has 0 fully saturated rings. The van der Waals surface area contributed by atoms with Gasteiger partial charge in [0.25, 0.3) is 0 Å². The molecule has 2 rings (SSSR count). The fraction of sp³-hybridized carbons (Fsp3) is 0. The van der Waals surface area contributed by atoms with Crippen LogP contribution in [0.15, 0.2) is 45.0 Å². The minimum Gasteiger partial charge on any atom is -0.478 e. The van der Waals surface area contributed by atoms with E-state index in [0.717, 1.165) is 4.47 Å². The summed E-state index contributed by atoms with van der Waals surface area (Å²) >= 11 is 10.4. The number of carboxylic acids is 1. The van der Waals surface area contributed by atoms with Gasteiger partial charge in [0.05, 0.1) is 10.0 Å². The quantitative estimate of drug-likeness (QED) is 0.859. The molecule has 0 radical (unpaired) electrons. The summed E-state index contributed by atoms with van der Waals surface area (Å²) in [6.45, 7) is 0. The maximum absolute atomic E-state index is 10.9. The highest BCUT2D eigenvalue weighted by molar-refractivity contribution is 9.10. The van der Waals surface area contributed by atoms with Crippen molar-refractivity contribution in [1.82, 2.24) is 9.97 Å². The zero-order valence-corrected chi connectivity index (χ0v) is 12.0. The zero-order valence-electron chi connectivity index (χ0n) is 8.80. The fourth-order valence-corrected chi connectivity index (χ4v) is 2.76. The molecule has 0 aliphatic heterocycles. The number of nitrogens with zero attached hydrogens (tertiary/aromatic N) is 2. The molecule has 0 atom stereocenters. The molecule has 0 aliphatic carbocycles. The molecule has 7 heteroatoms. The van der Waals surface area contributed by atoms with Crippen molar-refractivity contribution in [1.29, 1.82) is 0 Å². The van der Waals surface area contributed by atoms with Gasteiger partial charge in [-0.05, 0) is 52.0 Å². The van der Waals surface area contributed by atoms with Gasteiger partial charge in [-0.2, -0.15) is 0 Å². The molecule has 0 bridgehead atoms. The largest absolute Gasteiger partial charge is 0.478 e. The highest BCUT2D eigenvalue weighted by Gasteiger charge is 2.10. The topological polar surface area (TPSA) is 63.1 Å². The Bertz CT molecular complexity index is 609. The Hall–Kier alpha value is -1.11. The summed E-state index contributed by atoms with van der Waals surface area (Å²) in [5, 5.41) is 10.3. The first-order chi connectivity index (χ1) is 8.56. The molecule has 1 N–H and O–H groups in total. The maximum Gasteiger partial charge on any atom is 0.335 e. The van der Waals surface area contributed by atoms with E-state index in [-0.39, 0.29) is 10.7 Å². The first-order valence-electron chi connectivity index (χ1n) is 4.75. The number of hydrogen-bond acceptors (Lipinski definition) is 4. The van der Waals surface area contributed by atoms with Crippen molar-refractivity contribution in [2.45, 2.75) is 10.1 Å². The normalized spacial score (nSPS) is 10.3. The van der Waals surface area contributed by atoms with Crippen molar-refractivity contribution >= 4 is 45.3 Å². The lowest BCUT2D eigenvalue weighted by Gasteiger charge is -2.04. The van der Waals surface area contributed by atoms with Crippen LogP contribution in [0.25, 0.3) is 0 Å². The van der Waals surface area contributed by atoms with Crippen LogP contribution in [0.3, 0.4) is 0 Å². The van der Waals surface area contributed by atoms with Gasteiger partial charge in [-0.25, -0.2) is 14.8 Å². The Balaban J connectivity index is 2.35. The number of aromatic nitrogens is 2. The molecule has 0 saturated carbocycles. The van der Waals surface area contributed by atoms with E-state index in [1.165, 1.54) is 23.9 Å². The van der Waals surface area contributed by atoms with E-state index >= 15 is 0 Å². The van der Waals surface area contributed by atoms with E-state index < -0.39 is 5.97 Å². The summed E-state index contributed by atoms with van der Waals surface area (Å²) < 4.78 is 0.814. The van der Waals surface area contributed by atoms with Crippen LogP contribution in [0.4, 0.5) is 0 Å². The zero-order chi connectivity index (χ0) is 13.1. The highest BCUT2D eigenvalue weighted by atomic mass is 79.9. The molecule has 18 heavy (non-hydrogen) atoms. The molecule has 0 amide bonds. The Morgan fingerprint density at radius 2 is 2.22 bits per heavy atom. The van der Waals surface area contributed by atoms with Gasteiger partial charge in [0.2, 0.25) is 0 Å². The molecule has 2 aromatic rings. The van der Waals surface area contributed by atoms with Crippen molar-refractivity contribution in [3.05, 3.63) is 45.7 Å². The molecule has 0 saturated heterocycles. The van der Waals surface area contributed by atoms with Crippen LogP contribution in [0.1, 0.15) is 10.4 Å². The third kappa shape index (κ3) is 3.22. The minimum absolute atomic E-state index is 0.101. The van der Waals surface area contributed by atoms with E-state index in [0.29, 0.717) is 10.1 Å². The number of halogens is 2. The second kappa shape index (κ2) is 5.69. The Labute approximate surface area is 121 Å². The van der Waals surface area contributed by atoms with Crippen molar-refractivity contribution in [3.63, 3.8) is 0 Å². The predicted octanol–water partition coefficient (Wildman–Crippen LogP) is 3.74. The molecular formula is C11H6BrClN2O2S. The molecule has 92 valence electrons. The molecule has 0 unspecified atom stereocenters. The van der Waals surface area contributed by atoms with E-state index in [1.54, 1.807) is 12.3 Å².